The lowest BCUT2D eigenvalue weighted by atomic mass is 9.86. The highest BCUT2D eigenvalue weighted by Crippen LogP contribution is 2.21. The van der Waals surface area contributed by atoms with Crippen LogP contribution in [-0.2, 0) is 11.2 Å². The molecule has 0 aliphatic carbocycles. The van der Waals surface area contributed by atoms with Gasteiger partial charge in [0.2, 0.25) is 5.91 Å². The van der Waals surface area contributed by atoms with Gasteiger partial charge < -0.3 is 10.6 Å². The van der Waals surface area contributed by atoms with E-state index in [0.29, 0.717) is 30.7 Å². The molecule has 23 heavy (non-hydrogen) atoms. The van der Waals surface area contributed by atoms with Gasteiger partial charge in [-0.3, -0.25) is 14.6 Å². The summed E-state index contributed by atoms with van der Waals surface area (Å²) in [5.74, 6) is 0.265. The van der Waals surface area contributed by atoms with Crippen LogP contribution in [0.5, 0.6) is 0 Å². The van der Waals surface area contributed by atoms with E-state index in [1.54, 1.807) is 0 Å². The zero-order chi connectivity index (χ0) is 17.2. The van der Waals surface area contributed by atoms with E-state index in [1.165, 1.54) is 0 Å². The first-order valence-electron chi connectivity index (χ1n) is 8.36. The van der Waals surface area contributed by atoms with E-state index >= 15 is 0 Å². The Labute approximate surface area is 138 Å². The van der Waals surface area contributed by atoms with Crippen molar-refractivity contribution in [3.63, 3.8) is 0 Å². The van der Waals surface area contributed by atoms with Crippen molar-refractivity contribution in [2.24, 2.45) is 0 Å². The molecule has 2 N–H and O–H groups in total. The van der Waals surface area contributed by atoms with E-state index in [9.17, 15) is 9.59 Å². The first-order chi connectivity index (χ1) is 10.7. The molecule has 5 nitrogen and oxygen atoms in total. The number of pyridine rings is 1. The fourth-order valence-corrected chi connectivity index (χ4v) is 2.95. The van der Waals surface area contributed by atoms with Crippen molar-refractivity contribution in [1.29, 1.82) is 0 Å². The Morgan fingerprint density at radius 1 is 1.43 bits per heavy atom. The highest BCUT2D eigenvalue weighted by atomic mass is 16.2. The highest BCUT2D eigenvalue weighted by Gasteiger charge is 2.36. The van der Waals surface area contributed by atoms with Gasteiger partial charge in [-0.2, -0.15) is 0 Å². The fraction of sp³-hybridized carbons (Fsp3) is 0.611. The lowest BCUT2D eigenvalue weighted by molar-refractivity contribution is -0.125. The van der Waals surface area contributed by atoms with Crippen molar-refractivity contribution < 1.29 is 9.59 Å². The van der Waals surface area contributed by atoms with Crippen LogP contribution in [-0.4, -0.2) is 28.4 Å². The van der Waals surface area contributed by atoms with Gasteiger partial charge >= 0.3 is 0 Å². The number of hydrogen-bond donors (Lipinski definition) is 2. The second-order valence-corrected chi connectivity index (χ2v) is 7.07. The summed E-state index contributed by atoms with van der Waals surface area (Å²) in [7, 11) is 0. The molecule has 1 aliphatic rings. The maximum atomic E-state index is 12.7. The minimum Gasteiger partial charge on any atom is -0.349 e. The molecule has 1 unspecified atom stereocenters. The summed E-state index contributed by atoms with van der Waals surface area (Å²) in [5, 5.41) is 6.02. The Bertz CT molecular complexity index is 608. The fourth-order valence-electron chi connectivity index (χ4n) is 2.95. The predicted molar refractivity (Wildman–Crippen MR) is 90.4 cm³/mol. The molecular formula is C18H27N3O2. The Kier molecular flexibility index (Phi) is 5.07. The summed E-state index contributed by atoms with van der Waals surface area (Å²) < 4.78 is 0. The normalized spacial score (nSPS) is 20.3. The maximum Gasteiger partial charge on any atom is 0.253 e. The molecule has 1 fully saturated rings. The Morgan fingerprint density at radius 3 is 2.70 bits per heavy atom. The lowest BCUT2D eigenvalue weighted by Crippen LogP contribution is -2.62. The second-order valence-electron chi connectivity index (χ2n) is 7.07. The van der Waals surface area contributed by atoms with Crippen molar-refractivity contribution >= 4 is 11.8 Å². The van der Waals surface area contributed by atoms with E-state index in [4.69, 9.17) is 0 Å². The molecule has 0 saturated carbocycles. The summed E-state index contributed by atoms with van der Waals surface area (Å²) in [5.41, 5.74) is 2.02. The molecule has 1 aromatic heterocycles. The molecule has 2 heterocycles. The van der Waals surface area contributed by atoms with Gasteiger partial charge in [0.15, 0.2) is 0 Å². The van der Waals surface area contributed by atoms with Crippen LogP contribution in [0.15, 0.2) is 12.1 Å². The molecule has 126 valence electrons. The Balaban J connectivity index is 2.19. The van der Waals surface area contributed by atoms with Crippen LogP contribution < -0.4 is 10.6 Å². The van der Waals surface area contributed by atoms with Gasteiger partial charge in [0.1, 0.15) is 0 Å². The third-order valence-electron chi connectivity index (χ3n) is 4.46. The molecule has 1 saturated heterocycles. The minimum atomic E-state index is -0.442. The topological polar surface area (TPSA) is 71.1 Å². The van der Waals surface area contributed by atoms with Gasteiger partial charge in [-0.15, -0.1) is 0 Å². The Morgan fingerprint density at radius 2 is 2.13 bits per heavy atom. The van der Waals surface area contributed by atoms with E-state index in [1.807, 2.05) is 32.9 Å². The molecule has 0 radical (unpaired) electrons. The molecule has 0 spiro atoms. The van der Waals surface area contributed by atoms with Crippen LogP contribution in [0, 0.1) is 0 Å². The third kappa shape index (κ3) is 3.89. The number of aryl methyl sites for hydroxylation is 1. The van der Waals surface area contributed by atoms with Crippen molar-refractivity contribution in [3.8, 4) is 0 Å². The lowest BCUT2D eigenvalue weighted by Gasteiger charge is -2.39. The minimum absolute atomic E-state index is 0.0395. The average molecular weight is 317 g/mol. The number of piperidine rings is 1. The van der Waals surface area contributed by atoms with E-state index < -0.39 is 5.54 Å². The summed E-state index contributed by atoms with van der Waals surface area (Å²) in [4.78, 5) is 28.8. The molecular weight excluding hydrogens is 290 g/mol. The van der Waals surface area contributed by atoms with Crippen molar-refractivity contribution in [2.45, 2.75) is 71.4 Å². The summed E-state index contributed by atoms with van der Waals surface area (Å²) in [6, 6.07) is 3.71. The van der Waals surface area contributed by atoms with Gasteiger partial charge in [-0.1, -0.05) is 20.8 Å². The van der Waals surface area contributed by atoms with Gasteiger partial charge in [0.05, 0.1) is 22.8 Å². The zero-order valence-electron chi connectivity index (χ0n) is 14.7. The smallest absolute Gasteiger partial charge is 0.253 e. The number of nitrogens with zero attached hydrogens (tertiary/aromatic N) is 1. The number of aromatic nitrogens is 1. The van der Waals surface area contributed by atoms with Crippen LogP contribution in [0.4, 0.5) is 0 Å². The van der Waals surface area contributed by atoms with Crippen LogP contribution >= 0.6 is 0 Å². The molecule has 2 rings (SSSR count). The van der Waals surface area contributed by atoms with E-state index in [2.05, 4.69) is 29.5 Å². The number of carbonyl (C=O) groups is 2. The average Bonchev–Trinajstić information content (AvgIpc) is 2.48. The summed E-state index contributed by atoms with van der Waals surface area (Å²) in [6.45, 7) is 10.1. The first kappa shape index (κ1) is 17.4. The second kappa shape index (κ2) is 6.69. The quantitative estimate of drug-likeness (QED) is 0.896. The predicted octanol–water partition coefficient (Wildman–Crippen LogP) is 2.55. The Hall–Kier alpha value is -1.91. The number of rotatable bonds is 4. The molecule has 0 bridgehead atoms. The van der Waals surface area contributed by atoms with Crippen molar-refractivity contribution in [3.05, 3.63) is 29.1 Å². The van der Waals surface area contributed by atoms with Gasteiger partial charge in [-0.25, -0.2) is 0 Å². The van der Waals surface area contributed by atoms with Crippen LogP contribution in [0.3, 0.4) is 0 Å². The van der Waals surface area contributed by atoms with Crippen molar-refractivity contribution in [1.82, 2.24) is 15.6 Å². The SMILES string of the molecule is CCc1nc(C(C)C)ccc1C(=O)NC1CCC(=O)NC1(C)C. The summed E-state index contributed by atoms with van der Waals surface area (Å²) in [6.07, 6.45) is 1.82. The van der Waals surface area contributed by atoms with Gasteiger partial charge in [0, 0.05) is 12.1 Å². The molecule has 1 aliphatic heterocycles. The third-order valence-corrected chi connectivity index (χ3v) is 4.46. The molecule has 1 atom stereocenters. The van der Waals surface area contributed by atoms with E-state index in [-0.39, 0.29) is 17.9 Å². The van der Waals surface area contributed by atoms with Gasteiger partial charge in [0.25, 0.3) is 5.91 Å². The van der Waals surface area contributed by atoms with Crippen molar-refractivity contribution in [2.75, 3.05) is 0 Å². The molecule has 5 heteroatoms. The first-order valence-corrected chi connectivity index (χ1v) is 8.36. The number of carbonyl (C=O) groups excluding carboxylic acids is 2. The van der Waals surface area contributed by atoms with Crippen LogP contribution in [0.25, 0.3) is 0 Å². The van der Waals surface area contributed by atoms with E-state index in [0.717, 1.165) is 11.4 Å². The molecule has 1 aromatic rings. The number of hydrogen-bond acceptors (Lipinski definition) is 3. The van der Waals surface area contributed by atoms with Gasteiger partial charge in [-0.05, 0) is 44.7 Å². The number of amides is 2. The monoisotopic (exact) mass is 317 g/mol. The molecule has 2 amide bonds. The summed E-state index contributed by atoms with van der Waals surface area (Å²) >= 11 is 0. The highest BCUT2D eigenvalue weighted by molar-refractivity contribution is 5.95. The van der Waals surface area contributed by atoms with Crippen LogP contribution in [0.1, 0.15) is 75.1 Å². The standard InChI is InChI=1S/C18H27N3O2/c1-6-13-12(7-8-14(19-13)11(2)3)17(23)20-15-9-10-16(22)21-18(15,4)5/h7-8,11,15H,6,9-10H2,1-5H3,(H,20,23)(H,21,22). The zero-order valence-corrected chi connectivity index (χ0v) is 14.7. The van der Waals surface area contributed by atoms with Crippen LogP contribution in [0.2, 0.25) is 0 Å². The maximum absolute atomic E-state index is 12.7. The molecule has 0 aromatic carbocycles. The number of nitrogens with one attached hydrogen (secondary N) is 2. The largest absolute Gasteiger partial charge is 0.349 e.